The number of halogens is 3. The average Bonchev–Trinajstić information content (AvgIpc) is 3.35. The highest BCUT2D eigenvalue weighted by atomic mass is 32.1. The second-order valence-electron chi connectivity index (χ2n) is 8.44. The van der Waals surface area contributed by atoms with Crippen molar-refractivity contribution in [1.29, 1.82) is 0 Å². The quantitative estimate of drug-likeness (QED) is 0.371. The van der Waals surface area contributed by atoms with Gasteiger partial charge in [-0.05, 0) is 36.8 Å². The van der Waals surface area contributed by atoms with E-state index in [2.05, 4.69) is 20.6 Å². The van der Waals surface area contributed by atoms with E-state index in [0.717, 1.165) is 18.9 Å². The van der Waals surface area contributed by atoms with Crippen LogP contribution in [0, 0.1) is 0 Å². The molecule has 3 heterocycles. The molecule has 0 aliphatic carbocycles. The smallest absolute Gasteiger partial charge is 0.420 e. The van der Waals surface area contributed by atoms with Gasteiger partial charge in [0.25, 0.3) is 5.91 Å². The zero-order chi connectivity index (χ0) is 26.4. The molecule has 1 aromatic carbocycles. The number of aromatic nitrogens is 2. The van der Waals surface area contributed by atoms with Gasteiger partial charge >= 0.3 is 6.18 Å². The van der Waals surface area contributed by atoms with Gasteiger partial charge < -0.3 is 20.3 Å². The molecular weight excluding hydrogens is 507 g/mol. The third-order valence-corrected chi connectivity index (χ3v) is 6.41. The highest BCUT2D eigenvalue weighted by Gasteiger charge is 2.35. The molecule has 4 rings (SSSR count). The van der Waals surface area contributed by atoms with E-state index in [1.807, 2.05) is 6.92 Å². The standard InChI is InChI=1S/C25H26F3N5O3S/c1-2-3-4-11-36-21-8-6-17(12-18(21)25(26,27)28)31-24-32-20(15-37-24)16-5-7-19(30-13-16)23(35)33-10-9-29-22(34)14-33/h5-8,12-13,15H,2-4,9-11,14H2,1H3,(H,29,34)(H,31,32). The van der Waals surface area contributed by atoms with Gasteiger partial charge in [-0.3, -0.25) is 14.6 Å². The van der Waals surface area contributed by atoms with Crippen LogP contribution in [0.25, 0.3) is 11.3 Å². The number of rotatable bonds is 9. The fourth-order valence-electron chi connectivity index (χ4n) is 3.72. The maximum absolute atomic E-state index is 13.6. The number of unbranched alkanes of at least 4 members (excludes halogenated alkanes) is 2. The van der Waals surface area contributed by atoms with Crippen LogP contribution in [0.4, 0.5) is 24.0 Å². The molecule has 12 heteroatoms. The summed E-state index contributed by atoms with van der Waals surface area (Å²) in [6.45, 7) is 3.04. The zero-order valence-corrected chi connectivity index (χ0v) is 20.9. The van der Waals surface area contributed by atoms with Crippen molar-refractivity contribution >= 4 is 34.0 Å². The number of pyridine rings is 1. The Morgan fingerprint density at radius 2 is 2.08 bits per heavy atom. The molecule has 196 valence electrons. The number of benzene rings is 1. The lowest BCUT2D eigenvalue weighted by Crippen LogP contribution is -2.50. The van der Waals surface area contributed by atoms with Gasteiger partial charge in [0.05, 0.1) is 24.4 Å². The minimum absolute atomic E-state index is 0.00854. The SMILES string of the molecule is CCCCCOc1ccc(Nc2nc(-c3ccc(C(=O)N4CCNC(=O)C4)nc3)cs2)cc1C(F)(F)F. The number of piperazine rings is 1. The number of nitrogens with one attached hydrogen (secondary N) is 2. The fourth-order valence-corrected chi connectivity index (χ4v) is 4.46. The lowest BCUT2D eigenvalue weighted by atomic mass is 10.1. The number of amides is 2. The number of ether oxygens (including phenoxy) is 1. The number of alkyl halides is 3. The summed E-state index contributed by atoms with van der Waals surface area (Å²) >= 11 is 1.23. The van der Waals surface area contributed by atoms with Crippen molar-refractivity contribution in [3.8, 4) is 17.0 Å². The van der Waals surface area contributed by atoms with E-state index in [1.54, 1.807) is 17.5 Å². The van der Waals surface area contributed by atoms with E-state index < -0.39 is 11.7 Å². The van der Waals surface area contributed by atoms with Crippen molar-refractivity contribution in [3.05, 3.63) is 53.2 Å². The second-order valence-corrected chi connectivity index (χ2v) is 9.29. The molecule has 2 aromatic heterocycles. The lowest BCUT2D eigenvalue weighted by molar-refractivity contribution is -0.139. The summed E-state index contributed by atoms with van der Waals surface area (Å²) in [7, 11) is 0. The molecule has 1 fully saturated rings. The predicted molar refractivity (Wildman–Crippen MR) is 134 cm³/mol. The monoisotopic (exact) mass is 533 g/mol. The van der Waals surface area contributed by atoms with Crippen molar-refractivity contribution in [2.75, 3.05) is 31.6 Å². The molecular formula is C25H26F3N5O3S. The van der Waals surface area contributed by atoms with E-state index in [4.69, 9.17) is 4.74 Å². The fraction of sp³-hybridized carbons (Fsp3) is 0.360. The largest absolute Gasteiger partial charge is 0.493 e. The Balaban J connectivity index is 1.44. The van der Waals surface area contributed by atoms with Crippen LogP contribution in [-0.4, -0.2) is 52.9 Å². The van der Waals surface area contributed by atoms with Gasteiger partial charge in [0.2, 0.25) is 5.91 Å². The van der Waals surface area contributed by atoms with Crippen LogP contribution < -0.4 is 15.4 Å². The lowest BCUT2D eigenvalue weighted by Gasteiger charge is -2.26. The summed E-state index contributed by atoms with van der Waals surface area (Å²) in [5, 5.41) is 7.73. The molecule has 0 atom stereocenters. The van der Waals surface area contributed by atoms with Crippen LogP contribution in [0.2, 0.25) is 0 Å². The van der Waals surface area contributed by atoms with Gasteiger partial charge in [0, 0.05) is 35.9 Å². The van der Waals surface area contributed by atoms with Gasteiger partial charge in [-0.25, -0.2) is 4.98 Å². The van der Waals surface area contributed by atoms with E-state index >= 15 is 0 Å². The minimum Gasteiger partial charge on any atom is -0.493 e. The van der Waals surface area contributed by atoms with Crippen molar-refractivity contribution in [1.82, 2.24) is 20.2 Å². The van der Waals surface area contributed by atoms with Gasteiger partial charge in [-0.1, -0.05) is 19.8 Å². The first kappa shape index (κ1) is 26.4. The van der Waals surface area contributed by atoms with Crippen LogP contribution >= 0.6 is 11.3 Å². The van der Waals surface area contributed by atoms with E-state index in [1.165, 1.54) is 34.6 Å². The van der Waals surface area contributed by atoms with Crippen LogP contribution in [-0.2, 0) is 11.0 Å². The third kappa shape index (κ3) is 6.76. The maximum Gasteiger partial charge on any atom is 0.420 e. The highest BCUT2D eigenvalue weighted by Crippen LogP contribution is 2.39. The number of nitrogens with zero attached hydrogens (tertiary/aromatic N) is 3. The molecule has 0 saturated carbocycles. The first-order valence-corrected chi connectivity index (χ1v) is 12.7. The molecule has 2 N–H and O–H groups in total. The Kier molecular flexibility index (Phi) is 8.27. The molecule has 0 radical (unpaired) electrons. The maximum atomic E-state index is 13.6. The van der Waals surface area contributed by atoms with Crippen LogP contribution in [0.5, 0.6) is 5.75 Å². The van der Waals surface area contributed by atoms with Crippen molar-refractivity contribution in [3.63, 3.8) is 0 Å². The Bertz CT molecular complexity index is 1250. The molecule has 3 aromatic rings. The molecule has 8 nitrogen and oxygen atoms in total. The number of carbonyl (C=O) groups excluding carboxylic acids is 2. The Morgan fingerprint density at radius 1 is 1.24 bits per heavy atom. The number of hydrogen-bond acceptors (Lipinski definition) is 7. The van der Waals surface area contributed by atoms with Crippen molar-refractivity contribution in [2.45, 2.75) is 32.4 Å². The number of carbonyl (C=O) groups is 2. The van der Waals surface area contributed by atoms with Crippen molar-refractivity contribution in [2.24, 2.45) is 0 Å². The topological polar surface area (TPSA) is 96.5 Å². The number of thiazole rings is 1. The van der Waals surface area contributed by atoms with Crippen LogP contribution in [0.3, 0.4) is 0 Å². The molecule has 1 aliphatic rings. The predicted octanol–water partition coefficient (Wildman–Crippen LogP) is 5.11. The minimum atomic E-state index is -4.56. The summed E-state index contributed by atoms with van der Waals surface area (Å²) in [5.74, 6) is -0.740. The van der Waals surface area contributed by atoms with Gasteiger partial charge in [0.15, 0.2) is 5.13 Å². The first-order chi connectivity index (χ1) is 17.7. The Labute approximate surface area is 215 Å². The summed E-state index contributed by atoms with van der Waals surface area (Å²) in [6, 6.07) is 7.10. The number of hydrogen-bond donors (Lipinski definition) is 2. The molecule has 1 aliphatic heterocycles. The third-order valence-electron chi connectivity index (χ3n) is 5.65. The zero-order valence-electron chi connectivity index (χ0n) is 20.1. The molecule has 0 unspecified atom stereocenters. The second kappa shape index (κ2) is 11.6. The average molecular weight is 534 g/mol. The molecule has 0 spiro atoms. The summed E-state index contributed by atoms with van der Waals surface area (Å²) < 4.78 is 46.3. The van der Waals surface area contributed by atoms with Crippen LogP contribution in [0.15, 0.2) is 41.9 Å². The summed E-state index contributed by atoms with van der Waals surface area (Å²) in [5.41, 5.74) is 0.802. The van der Waals surface area contributed by atoms with Crippen molar-refractivity contribution < 1.29 is 27.5 Å². The van der Waals surface area contributed by atoms with Gasteiger partial charge in [-0.15, -0.1) is 11.3 Å². The number of anilines is 2. The molecule has 37 heavy (non-hydrogen) atoms. The normalized spacial score (nSPS) is 13.8. The Hall–Kier alpha value is -3.67. The van der Waals surface area contributed by atoms with E-state index in [-0.39, 0.29) is 42.1 Å². The first-order valence-electron chi connectivity index (χ1n) is 11.8. The highest BCUT2D eigenvalue weighted by molar-refractivity contribution is 7.14. The molecule has 1 saturated heterocycles. The van der Waals surface area contributed by atoms with E-state index in [9.17, 15) is 22.8 Å². The van der Waals surface area contributed by atoms with Crippen LogP contribution in [0.1, 0.15) is 42.2 Å². The van der Waals surface area contributed by atoms with Gasteiger partial charge in [0.1, 0.15) is 11.4 Å². The summed E-state index contributed by atoms with van der Waals surface area (Å²) in [4.78, 5) is 34.2. The van der Waals surface area contributed by atoms with E-state index in [0.29, 0.717) is 35.9 Å². The van der Waals surface area contributed by atoms with Gasteiger partial charge in [-0.2, -0.15) is 13.2 Å². The molecule has 0 bridgehead atoms. The molecule has 2 amide bonds. The Morgan fingerprint density at radius 3 is 2.78 bits per heavy atom. The summed E-state index contributed by atoms with van der Waals surface area (Å²) in [6.07, 6.45) is -0.531.